The number of hydrogen-bond acceptors (Lipinski definition) is 5. The molecular formula is C21H25N7O2. The van der Waals surface area contributed by atoms with Crippen LogP contribution in [0, 0.1) is 6.92 Å². The molecule has 0 saturated heterocycles. The predicted octanol–water partition coefficient (Wildman–Crippen LogP) is 1.95. The van der Waals surface area contributed by atoms with Gasteiger partial charge < -0.3 is 10.2 Å². The van der Waals surface area contributed by atoms with Crippen molar-refractivity contribution in [2.75, 3.05) is 6.54 Å². The molecule has 1 atom stereocenters. The number of rotatable bonds is 6. The van der Waals surface area contributed by atoms with Crippen LogP contribution < -0.4 is 5.32 Å². The lowest BCUT2D eigenvalue weighted by molar-refractivity contribution is 0.0736. The van der Waals surface area contributed by atoms with Gasteiger partial charge in [0.15, 0.2) is 11.4 Å². The van der Waals surface area contributed by atoms with Crippen LogP contribution in [0.1, 0.15) is 57.7 Å². The summed E-state index contributed by atoms with van der Waals surface area (Å²) in [6.07, 6.45) is 1.78. The van der Waals surface area contributed by atoms with Crippen LogP contribution in [0.2, 0.25) is 0 Å². The van der Waals surface area contributed by atoms with Gasteiger partial charge in [0.1, 0.15) is 0 Å². The van der Waals surface area contributed by atoms with Crippen LogP contribution >= 0.6 is 0 Å². The first-order valence-corrected chi connectivity index (χ1v) is 10.1. The monoisotopic (exact) mass is 407 g/mol. The molecule has 0 radical (unpaired) electrons. The van der Waals surface area contributed by atoms with Gasteiger partial charge >= 0.3 is 0 Å². The van der Waals surface area contributed by atoms with Gasteiger partial charge in [-0.05, 0) is 26.3 Å². The summed E-state index contributed by atoms with van der Waals surface area (Å²) in [5.74, 6) is -0.648. The van der Waals surface area contributed by atoms with E-state index >= 15 is 0 Å². The molecule has 3 aromatic rings. The molecule has 30 heavy (non-hydrogen) atoms. The zero-order valence-electron chi connectivity index (χ0n) is 17.4. The maximum absolute atomic E-state index is 13.2. The molecular weight excluding hydrogens is 382 g/mol. The average Bonchev–Trinajstić information content (AvgIpc) is 3.35. The van der Waals surface area contributed by atoms with Crippen LogP contribution in [-0.2, 0) is 19.6 Å². The number of benzene rings is 1. The van der Waals surface area contributed by atoms with Crippen molar-refractivity contribution in [3.63, 3.8) is 0 Å². The van der Waals surface area contributed by atoms with Crippen LogP contribution in [-0.4, -0.2) is 48.0 Å². The molecule has 1 N–H and O–H groups in total. The fourth-order valence-corrected chi connectivity index (χ4v) is 3.77. The fraction of sp³-hybridized carbons (Fsp3) is 0.381. The Morgan fingerprint density at radius 1 is 1.27 bits per heavy atom. The molecule has 2 aromatic heterocycles. The SMILES string of the molecule is CCN(Cc1cnn(CC)c1C)C(=O)c1nnn2c1C(=O)NC(c1ccccc1)C2. The van der Waals surface area contributed by atoms with Crippen molar-refractivity contribution in [2.24, 2.45) is 0 Å². The van der Waals surface area contributed by atoms with Crippen molar-refractivity contribution >= 4 is 11.8 Å². The summed E-state index contributed by atoms with van der Waals surface area (Å²) >= 11 is 0. The molecule has 9 heteroatoms. The third kappa shape index (κ3) is 3.47. The number of nitrogens with zero attached hydrogens (tertiary/aromatic N) is 6. The third-order valence-corrected chi connectivity index (χ3v) is 5.55. The van der Waals surface area contributed by atoms with Gasteiger partial charge in [0, 0.05) is 30.9 Å². The molecule has 1 aliphatic rings. The summed E-state index contributed by atoms with van der Waals surface area (Å²) in [5, 5.41) is 15.5. The maximum Gasteiger partial charge on any atom is 0.277 e. The quantitative estimate of drug-likeness (QED) is 0.674. The Kier molecular flexibility index (Phi) is 5.35. The van der Waals surface area contributed by atoms with Crippen molar-refractivity contribution in [1.29, 1.82) is 0 Å². The van der Waals surface area contributed by atoms with E-state index in [1.807, 2.05) is 55.8 Å². The van der Waals surface area contributed by atoms with E-state index in [4.69, 9.17) is 0 Å². The van der Waals surface area contributed by atoms with Crippen molar-refractivity contribution in [3.05, 3.63) is 64.7 Å². The Labute approximate surface area is 174 Å². The molecule has 2 amide bonds. The van der Waals surface area contributed by atoms with Gasteiger partial charge in [0.2, 0.25) is 0 Å². The first-order valence-electron chi connectivity index (χ1n) is 10.1. The highest BCUT2D eigenvalue weighted by molar-refractivity contribution is 6.05. The maximum atomic E-state index is 13.2. The highest BCUT2D eigenvalue weighted by Crippen LogP contribution is 2.23. The summed E-state index contributed by atoms with van der Waals surface area (Å²) in [5.41, 5.74) is 3.28. The molecule has 0 saturated carbocycles. The lowest BCUT2D eigenvalue weighted by atomic mass is 10.0. The first kappa shape index (κ1) is 19.8. The van der Waals surface area contributed by atoms with Crippen LogP contribution in [0.3, 0.4) is 0 Å². The zero-order chi connectivity index (χ0) is 21.3. The molecule has 4 rings (SSSR count). The number of amides is 2. The molecule has 156 valence electrons. The average molecular weight is 407 g/mol. The van der Waals surface area contributed by atoms with Gasteiger partial charge in [-0.1, -0.05) is 35.5 Å². The van der Waals surface area contributed by atoms with E-state index in [0.29, 0.717) is 19.6 Å². The number of carbonyl (C=O) groups is 2. The van der Waals surface area contributed by atoms with Crippen molar-refractivity contribution in [1.82, 2.24) is 35.0 Å². The van der Waals surface area contributed by atoms with E-state index in [1.54, 1.807) is 11.1 Å². The Hall–Kier alpha value is -3.49. The summed E-state index contributed by atoms with van der Waals surface area (Å²) in [6, 6.07) is 9.48. The Morgan fingerprint density at radius 2 is 2.03 bits per heavy atom. The van der Waals surface area contributed by atoms with Crippen LogP contribution in [0.4, 0.5) is 0 Å². The highest BCUT2D eigenvalue weighted by atomic mass is 16.2. The van der Waals surface area contributed by atoms with E-state index < -0.39 is 0 Å². The Morgan fingerprint density at radius 3 is 2.70 bits per heavy atom. The van der Waals surface area contributed by atoms with Gasteiger partial charge in [-0.2, -0.15) is 5.10 Å². The van der Waals surface area contributed by atoms with Crippen molar-refractivity contribution in [3.8, 4) is 0 Å². The summed E-state index contributed by atoms with van der Waals surface area (Å²) in [6.45, 7) is 8.00. The highest BCUT2D eigenvalue weighted by Gasteiger charge is 2.34. The Balaban J connectivity index is 1.57. The zero-order valence-corrected chi connectivity index (χ0v) is 17.4. The predicted molar refractivity (Wildman–Crippen MR) is 110 cm³/mol. The van der Waals surface area contributed by atoms with Gasteiger partial charge in [-0.15, -0.1) is 5.10 Å². The van der Waals surface area contributed by atoms with E-state index in [1.165, 1.54) is 4.68 Å². The number of hydrogen-bond donors (Lipinski definition) is 1. The van der Waals surface area contributed by atoms with E-state index in [2.05, 4.69) is 20.7 Å². The summed E-state index contributed by atoms with van der Waals surface area (Å²) in [7, 11) is 0. The topological polar surface area (TPSA) is 97.9 Å². The molecule has 1 unspecified atom stereocenters. The van der Waals surface area contributed by atoms with Gasteiger partial charge in [-0.3, -0.25) is 14.3 Å². The lowest BCUT2D eigenvalue weighted by Gasteiger charge is -2.25. The van der Waals surface area contributed by atoms with Crippen LogP contribution in [0.25, 0.3) is 0 Å². The largest absolute Gasteiger partial charge is 0.342 e. The smallest absolute Gasteiger partial charge is 0.277 e. The first-order chi connectivity index (χ1) is 14.5. The van der Waals surface area contributed by atoms with E-state index in [-0.39, 0.29) is 29.2 Å². The van der Waals surface area contributed by atoms with Gasteiger partial charge in [-0.25, -0.2) is 4.68 Å². The van der Waals surface area contributed by atoms with Gasteiger partial charge in [0.05, 0.1) is 18.8 Å². The lowest BCUT2D eigenvalue weighted by Crippen LogP contribution is -2.40. The summed E-state index contributed by atoms with van der Waals surface area (Å²) in [4.78, 5) is 27.7. The van der Waals surface area contributed by atoms with E-state index in [0.717, 1.165) is 23.4 Å². The van der Waals surface area contributed by atoms with Crippen molar-refractivity contribution in [2.45, 2.75) is 46.4 Å². The Bertz CT molecular complexity index is 1070. The molecule has 1 aromatic carbocycles. The van der Waals surface area contributed by atoms with Crippen LogP contribution in [0.15, 0.2) is 36.5 Å². The standard InChI is InChI=1S/C21H25N7O2/c1-4-26(12-16-11-22-27(5-2)14(16)3)21(30)18-19-20(29)23-17(13-28(19)25-24-18)15-9-7-6-8-10-15/h6-11,17H,4-5,12-13H2,1-3H3,(H,23,29). The molecule has 0 fully saturated rings. The second kappa shape index (κ2) is 8.10. The van der Waals surface area contributed by atoms with Gasteiger partial charge in [0.25, 0.3) is 11.8 Å². The molecule has 0 aliphatic carbocycles. The number of aromatic nitrogens is 5. The summed E-state index contributed by atoms with van der Waals surface area (Å²) < 4.78 is 3.42. The molecule has 0 bridgehead atoms. The number of nitrogens with one attached hydrogen (secondary N) is 1. The second-order valence-electron chi connectivity index (χ2n) is 7.30. The molecule has 0 spiro atoms. The van der Waals surface area contributed by atoms with E-state index in [9.17, 15) is 9.59 Å². The third-order valence-electron chi connectivity index (χ3n) is 5.55. The number of aryl methyl sites for hydroxylation is 1. The normalized spacial score (nSPS) is 15.6. The second-order valence-corrected chi connectivity index (χ2v) is 7.30. The fourth-order valence-electron chi connectivity index (χ4n) is 3.77. The number of fused-ring (bicyclic) bond motifs is 1. The number of carbonyl (C=O) groups excluding carboxylic acids is 2. The minimum absolute atomic E-state index is 0.0846. The molecule has 3 heterocycles. The minimum Gasteiger partial charge on any atom is -0.342 e. The minimum atomic E-state index is -0.338. The molecule has 9 nitrogen and oxygen atoms in total. The molecule has 1 aliphatic heterocycles. The van der Waals surface area contributed by atoms with Crippen molar-refractivity contribution < 1.29 is 9.59 Å². The van der Waals surface area contributed by atoms with Crippen LogP contribution in [0.5, 0.6) is 0 Å².